The number of carbonyl (C=O) groups is 1. The van der Waals surface area contributed by atoms with E-state index in [1.165, 1.54) is 0 Å². The van der Waals surface area contributed by atoms with Crippen LogP contribution in [0.15, 0.2) is 36.5 Å². The molecule has 62 heavy (non-hydrogen) atoms. The predicted molar refractivity (Wildman–Crippen MR) is 222 cm³/mol. The monoisotopic (exact) mass is 893 g/mol. The second kappa shape index (κ2) is 29.5. The van der Waals surface area contributed by atoms with Crippen molar-refractivity contribution in [3.05, 3.63) is 36.5 Å². The van der Waals surface area contributed by atoms with Gasteiger partial charge in [-0.15, -0.1) is 0 Å². The van der Waals surface area contributed by atoms with Crippen molar-refractivity contribution in [3.8, 4) is 0 Å². The fourth-order valence-electron chi connectivity index (χ4n) is 7.34. The van der Waals surface area contributed by atoms with Gasteiger partial charge in [0, 0.05) is 6.42 Å². The minimum Gasteiger partial charge on any atom is -0.394 e. The molecule has 0 aromatic carbocycles. The summed E-state index contributed by atoms with van der Waals surface area (Å²) in [6, 6.07) is -0.986. The number of hydrogen-bond acceptors (Lipinski definition) is 18. The zero-order chi connectivity index (χ0) is 45.6. The van der Waals surface area contributed by atoms with E-state index < -0.39 is 124 Å². The van der Waals surface area contributed by atoms with Crippen molar-refractivity contribution in [3.63, 3.8) is 0 Å². The fraction of sp³-hybridized carbons (Fsp3) is 0.837. The summed E-state index contributed by atoms with van der Waals surface area (Å²) in [5.74, 6) is -0.306. The van der Waals surface area contributed by atoms with E-state index in [9.17, 15) is 61.0 Å². The number of unbranched alkanes of at least 4 members (excludes halogenated alkanes) is 8. The van der Waals surface area contributed by atoms with Gasteiger partial charge < -0.3 is 89.9 Å². The van der Waals surface area contributed by atoms with Gasteiger partial charge in [0.1, 0.15) is 73.2 Å². The molecule has 0 aromatic heterocycles. The highest BCUT2D eigenvalue weighted by Crippen LogP contribution is 2.33. The summed E-state index contributed by atoms with van der Waals surface area (Å²) < 4.78 is 33.9. The number of ether oxygens (including phenoxy) is 6. The molecule has 1 amide bonds. The van der Waals surface area contributed by atoms with Gasteiger partial charge in [-0.05, 0) is 38.5 Å². The van der Waals surface area contributed by atoms with Crippen molar-refractivity contribution in [2.75, 3.05) is 26.4 Å². The van der Waals surface area contributed by atoms with Gasteiger partial charge in [0.25, 0.3) is 0 Å². The molecule has 0 spiro atoms. The summed E-state index contributed by atoms with van der Waals surface area (Å²) in [7, 11) is 0. The van der Waals surface area contributed by atoms with E-state index in [4.69, 9.17) is 28.4 Å². The molecule has 0 aromatic rings. The van der Waals surface area contributed by atoms with E-state index in [0.29, 0.717) is 12.8 Å². The van der Waals surface area contributed by atoms with Crippen molar-refractivity contribution >= 4 is 5.91 Å². The molecule has 3 heterocycles. The Kier molecular flexibility index (Phi) is 25.9. The van der Waals surface area contributed by atoms with Gasteiger partial charge in [-0.2, -0.15) is 0 Å². The third-order valence-electron chi connectivity index (χ3n) is 11.2. The van der Waals surface area contributed by atoms with E-state index in [1.54, 1.807) is 12.2 Å². The maximum Gasteiger partial charge on any atom is 0.220 e. The molecule has 19 nitrogen and oxygen atoms in total. The molecule has 0 radical (unpaired) electrons. The molecule has 19 heteroatoms. The molecule has 0 saturated carbocycles. The van der Waals surface area contributed by atoms with Gasteiger partial charge in [-0.25, -0.2) is 0 Å². The Hall–Kier alpha value is -1.99. The Morgan fingerprint density at radius 3 is 1.58 bits per heavy atom. The van der Waals surface area contributed by atoms with Gasteiger partial charge in [-0.1, -0.05) is 88.8 Å². The number of carbonyl (C=O) groups excluding carboxylic acids is 1. The van der Waals surface area contributed by atoms with E-state index in [-0.39, 0.29) is 18.9 Å². The average Bonchev–Trinajstić information content (AvgIpc) is 3.26. The number of allylic oxidation sites excluding steroid dienone is 5. The Morgan fingerprint density at radius 1 is 0.565 bits per heavy atom. The van der Waals surface area contributed by atoms with Crippen LogP contribution in [0.3, 0.4) is 0 Å². The van der Waals surface area contributed by atoms with Crippen LogP contribution in [0.1, 0.15) is 97.3 Å². The van der Waals surface area contributed by atoms with Gasteiger partial charge >= 0.3 is 0 Å². The highest BCUT2D eigenvalue weighted by molar-refractivity contribution is 5.76. The van der Waals surface area contributed by atoms with Gasteiger partial charge in [0.2, 0.25) is 5.91 Å². The smallest absolute Gasteiger partial charge is 0.220 e. The van der Waals surface area contributed by atoms with E-state index >= 15 is 0 Å². The lowest BCUT2D eigenvalue weighted by molar-refractivity contribution is -0.379. The Balaban J connectivity index is 1.62. The van der Waals surface area contributed by atoms with Crippen LogP contribution in [-0.2, 0) is 33.2 Å². The summed E-state index contributed by atoms with van der Waals surface area (Å²) in [6.07, 6.45) is -3.43. The number of hydrogen-bond donors (Lipinski definition) is 12. The Bertz CT molecular complexity index is 1300. The Morgan fingerprint density at radius 2 is 1.03 bits per heavy atom. The third-order valence-corrected chi connectivity index (χ3v) is 11.2. The second-order valence-corrected chi connectivity index (χ2v) is 16.1. The minimum absolute atomic E-state index is 0.228. The summed E-state index contributed by atoms with van der Waals surface area (Å²) in [6.45, 7) is 1.46. The first-order valence-corrected chi connectivity index (χ1v) is 22.2. The van der Waals surface area contributed by atoms with Crippen LogP contribution in [0.5, 0.6) is 0 Å². The molecule has 12 N–H and O–H groups in total. The molecule has 360 valence electrons. The first-order valence-electron chi connectivity index (χ1n) is 22.2. The van der Waals surface area contributed by atoms with E-state index in [0.717, 1.165) is 64.2 Å². The topological polar surface area (TPSA) is 307 Å². The number of amides is 1. The molecular formula is C43H75NO18. The SMILES string of the molecule is CCC/C=C/CC/C=C/CC/C=C/C(O)C(COC1OC(CO)C(OC2OC(CO)C(OC3OC(CO)C(O)C(O)C3O)C(O)C2O)C(O)C1O)NC(=O)CCCCCCCC. The maximum atomic E-state index is 13.0. The Labute approximate surface area is 364 Å². The minimum atomic E-state index is -1.98. The normalized spacial score (nSPS) is 35.5. The number of nitrogens with one attached hydrogen (secondary N) is 1. The second-order valence-electron chi connectivity index (χ2n) is 16.1. The molecule has 0 bridgehead atoms. The number of aliphatic hydroxyl groups is 11. The zero-order valence-corrected chi connectivity index (χ0v) is 36.1. The summed E-state index contributed by atoms with van der Waals surface area (Å²) in [5, 5.41) is 119. The summed E-state index contributed by atoms with van der Waals surface area (Å²) in [5.41, 5.74) is 0. The van der Waals surface area contributed by atoms with Crippen molar-refractivity contribution < 1.29 is 89.4 Å². The molecule has 0 aliphatic carbocycles. The lowest BCUT2D eigenvalue weighted by atomic mass is 9.96. The van der Waals surface area contributed by atoms with Crippen molar-refractivity contribution in [1.29, 1.82) is 0 Å². The van der Waals surface area contributed by atoms with Gasteiger partial charge in [0.05, 0.1) is 38.6 Å². The summed E-state index contributed by atoms with van der Waals surface area (Å²) >= 11 is 0. The van der Waals surface area contributed by atoms with Gasteiger partial charge in [0.15, 0.2) is 18.9 Å². The molecule has 3 rings (SSSR count). The van der Waals surface area contributed by atoms with Crippen LogP contribution in [0.25, 0.3) is 0 Å². The van der Waals surface area contributed by atoms with Crippen molar-refractivity contribution in [1.82, 2.24) is 5.32 Å². The van der Waals surface area contributed by atoms with Crippen molar-refractivity contribution in [2.24, 2.45) is 0 Å². The standard InChI is InChI=1S/C43H75NO18/c1-3-5-7-9-11-12-13-14-15-16-18-20-27(48)26(44-31(49)21-19-17-10-8-6-4-2)25-57-41-37(55)34(52)39(29(23-46)59-41)62-43-38(56)35(53)40(30(24-47)60-43)61-42-36(54)33(51)32(50)28(22-45)58-42/h7,9,13-14,18,20,26-30,32-43,45-48,50-56H,3-6,8,10-12,15-17,19,21-25H2,1-2H3,(H,44,49)/b9-7+,14-13+,20-18+. The largest absolute Gasteiger partial charge is 0.394 e. The van der Waals surface area contributed by atoms with Gasteiger partial charge in [-0.3, -0.25) is 4.79 Å². The maximum absolute atomic E-state index is 13.0. The average molecular weight is 894 g/mol. The lowest BCUT2D eigenvalue weighted by Gasteiger charge is -2.48. The van der Waals surface area contributed by atoms with E-state index in [1.807, 2.05) is 0 Å². The molecular weight excluding hydrogens is 818 g/mol. The predicted octanol–water partition coefficient (Wildman–Crippen LogP) is -0.923. The quantitative estimate of drug-likeness (QED) is 0.0334. The van der Waals surface area contributed by atoms with Crippen LogP contribution < -0.4 is 5.32 Å². The van der Waals surface area contributed by atoms with Crippen LogP contribution in [0, 0.1) is 0 Å². The fourth-order valence-corrected chi connectivity index (χ4v) is 7.34. The number of aliphatic hydroxyl groups excluding tert-OH is 11. The lowest BCUT2D eigenvalue weighted by Crippen LogP contribution is -2.66. The van der Waals surface area contributed by atoms with Crippen LogP contribution in [-0.4, -0.2) is 193 Å². The number of rotatable bonds is 28. The molecule has 17 atom stereocenters. The summed E-state index contributed by atoms with van der Waals surface area (Å²) in [4.78, 5) is 13.0. The van der Waals surface area contributed by atoms with Crippen LogP contribution in [0.2, 0.25) is 0 Å². The first kappa shape index (κ1) is 54.3. The molecule has 3 saturated heterocycles. The van der Waals surface area contributed by atoms with Crippen LogP contribution in [0.4, 0.5) is 0 Å². The third kappa shape index (κ3) is 16.8. The molecule has 3 aliphatic rings. The molecule has 3 aliphatic heterocycles. The molecule has 3 fully saturated rings. The van der Waals surface area contributed by atoms with Crippen molar-refractivity contribution in [2.45, 2.75) is 202 Å². The zero-order valence-electron chi connectivity index (χ0n) is 36.1. The van der Waals surface area contributed by atoms with E-state index in [2.05, 4.69) is 43.5 Å². The molecule has 17 unspecified atom stereocenters. The first-order chi connectivity index (χ1) is 29.8. The van der Waals surface area contributed by atoms with Crippen LogP contribution >= 0.6 is 0 Å². The highest BCUT2D eigenvalue weighted by atomic mass is 16.8. The highest BCUT2D eigenvalue weighted by Gasteiger charge is 2.53.